The second kappa shape index (κ2) is 3.28. The Morgan fingerprint density at radius 3 is 2.91 bits per heavy atom. The topological polar surface area (TPSA) is 0 Å². The second-order valence-corrected chi connectivity index (χ2v) is 5.27. The average Bonchev–Trinajstić information content (AvgIpc) is 2.25. The minimum atomic E-state index is 1.29. The molecule has 60 valence electrons. The Kier molecular flexibility index (Phi) is 2.33. The van der Waals surface area contributed by atoms with Crippen LogP contribution in [0.5, 0.6) is 0 Å². The van der Waals surface area contributed by atoms with Crippen LogP contribution in [0.4, 0.5) is 0 Å². The minimum absolute atomic E-state index is 1.29. The van der Waals surface area contributed by atoms with Gasteiger partial charge < -0.3 is 0 Å². The van der Waals surface area contributed by atoms with Gasteiger partial charge in [-0.25, -0.2) is 0 Å². The fraction of sp³-hybridized carbons (Fsp3) is 0.556. The maximum Gasteiger partial charge on any atom is 0.0733 e. The van der Waals surface area contributed by atoms with E-state index in [0.29, 0.717) is 0 Å². The minimum Gasteiger partial charge on any atom is -0.136 e. The maximum absolute atomic E-state index is 3.61. The van der Waals surface area contributed by atoms with Gasteiger partial charge in [0.1, 0.15) is 0 Å². The quantitative estimate of drug-likeness (QED) is 0.596. The van der Waals surface area contributed by atoms with Gasteiger partial charge in [-0.15, -0.1) is 11.3 Å². The number of rotatable bonds is 0. The van der Waals surface area contributed by atoms with E-state index in [4.69, 9.17) is 0 Å². The summed E-state index contributed by atoms with van der Waals surface area (Å²) in [6.45, 7) is 0. The Morgan fingerprint density at radius 2 is 2.00 bits per heavy atom. The van der Waals surface area contributed by atoms with Gasteiger partial charge in [-0.3, -0.25) is 0 Å². The fourth-order valence-corrected chi connectivity index (χ4v) is 3.27. The standard InChI is InChI=1S/C9H11BrS/c10-9-8-5-3-1-2-4-7(8)6-11-9/h6H,1-5H2. The Morgan fingerprint density at radius 1 is 1.18 bits per heavy atom. The summed E-state index contributed by atoms with van der Waals surface area (Å²) >= 11 is 5.45. The van der Waals surface area contributed by atoms with E-state index in [0.717, 1.165) is 0 Å². The monoisotopic (exact) mass is 230 g/mol. The van der Waals surface area contributed by atoms with Crippen molar-refractivity contribution in [2.24, 2.45) is 0 Å². The number of fused-ring (bicyclic) bond motifs is 1. The van der Waals surface area contributed by atoms with Gasteiger partial charge in [-0.2, -0.15) is 0 Å². The third-order valence-corrected chi connectivity index (χ3v) is 4.20. The molecule has 0 fully saturated rings. The molecular weight excluding hydrogens is 220 g/mol. The number of hydrogen-bond donors (Lipinski definition) is 0. The van der Waals surface area contributed by atoms with E-state index in [1.165, 1.54) is 35.9 Å². The van der Waals surface area contributed by atoms with E-state index in [1.807, 2.05) is 11.3 Å². The first kappa shape index (κ1) is 7.81. The van der Waals surface area contributed by atoms with Crippen LogP contribution in [0.15, 0.2) is 9.17 Å². The van der Waals surface area contributed by atoms with Crippen molar-refractivity contribution in [1.82, 2.24) is 0 Å². The second-order valence-electron chi connectivity index (χ2n) is 3.07. The van der Waals surface area contributed by atoms with Crippen molar-refractivity contribution < 1.29 is 0 Å². The lowest BCUT2D eigenvalue weighted by molar-refractivity contribution is 0.711. The lowest BCUT2D eigenvalue weighted by atomic mass is 10.1. The van der Waals surface area contributed by atoms with E-state index in [2.05, 4.69) is 21.3 Å². The third kappa shape index (κ3) is 1.52. The van der Waals surface area contributed by atoms with Crippen LogP contribution in [0.3, 0.4) is 0 Å². The van der Waals surface area contributed by atoms with Gasteiger partial charge in [0, 0.05) is 0 Å². The summed E-state index contributed by atoms with van der Waals surface area (Å²) in [5.74, 6) is 0. The highest BCUT2D eigenvalue weighted by Crippen LogP contribution is 2.32. The number of halogens is 1. The van der Waals surface area contributed by atoms with E-state index < -0.39 is 0 Å². The molecule has 2 rings (SSSR count). The predicted octanol–water partition coefficient (Wildman–Crippen LogP) is 3.78. The van der Waals surface area contributed by atoms with Gasteiger partial charge in [0.05, 0.1) is 3.79 Å². The Balaban J connectivity index is 2.35. The summed E-state index contributed by atoms with van der Waals surface area (Å²) in [5.41, 5.74) is 3.19. The molecule has 0 saturated carbocycles. The Labute approximate surface area is 79.8 Å². The molecule has 0 aromatic carbocycles. The molecule has 0 saturated heterocycles. The van der Waals surface area contributed by atoms with Crippen LogP contribution in [0.1, 0.15) is 30.4 Å². The Hall–Kier alpha value is 0.180. The molecule has 0 spiro atoms. The summed E-state index contributed by atoms with van der Waals surface area (Å²) in [4.78, 5) is 0. The molecule has 0 unspecified atom stereocenters. The summed E-state index contributed by atoms with van der Waals surface area (Å²) in [5, 5.41) is 2.31. The van der Waals surface area contributed by atoms with Crippen molar-refractivity contribution in [3.8, 4) is 0 Å². The van der Waals surface area contributed by atoms with Crippen LogP contribution in [0, 0.1) is 0 Å². The van der Waals surface area contributed by atoms with Crippen molar-refractivity contribution in [2.45, 2.75) is 32.1 Å². The van der Waals surface area contributed by atoms with Gasteiger partial charge >= 0.3 is 0 Å². The number of hydrogen-bond acceptors (Lipinski definition) is 1. The summed E-state index contributed by atoms with van der Waals surface area (Å²) in [6.07, 6.45) is 6.77. The van der Waals surface area contributed by atoms with Gasteiger partial charge in [0.25, 0.3) is 0 Å². The van der Waals surface area contributed by atoms with Crippen LogP contribution in [-0.2, 0) is 12.8 Å². The van der Waals surface area contributed by atoms with Gasteiger partial charge in [-0.05, 0) is 58.1 Å². The smallest absolute Gasteiger partial charge is 0.0733 e. The van der Waals surface area contributed by atoms with E-state index in [9.17, 15) is 0 Å². The van der Waals surface area contributed by atoms with E-state index in [1.54, 1.807) is 11.1 Å². The summed E-state index contributed by atoms with van der Waals surface area (Å²) in [6, 6.07) is 0. The predicted molar refractivity (Wildman–Crippen MR) is 53.3 cm³/mol. The molecule has 0 nitrogen and oxygen atoms in total. The third-order valence-electron chi connectivity index (χ3n) is 2.30. The molecule has 0 aliphatic heterocycles. The molecule has 1 aromatic rings. The summed E-state index contributed by atoms with van der Waals surface area (Å²) < 4.78 is 1.37. The highest BCUT2D eigenvalue weighted by molar-refractivity contribution is 9.11. The first-order chi connectivity index (χ1) is 5.38. The highest BCUT2D eigenvalue weighted by Gasteiger charge is 2.11. The fourth-order valence-electron chi connectivity index (χ4n) is 1.65. The molecule has 0 bridgehead atoms. The number of aryl methyl sites for hydroxylation is 1. The van der Waals surface area contributed by atoms with Crippen molar-refractivity contribution >= 4 is 27.3 Å². The van der Waals surface area contributed by atoms with Crippen molar-refractivity contribution in [2.75, 3.05) is 0 Å². The zero-order valence-corrected chi connectivity index (χ0v) is 8.80. The Bertz CT molecular complexity index is 252. The van der Waals surface area contributed by atoms with Gasteiger partial charge in [0.2, 0.25) is 0 Å². The average molecular weight is 231 g/mol. The molecule has 0 N–H and O–H groups in total. The van der Waals surface area contributed by atoms with E-state index in [-0.39, 0.29) is 0 Å². The highest BCUT2D eigenvalue weighted by atomic mass is 79.9. The molecule has 1 heterocycles. The van der Waals surface area contributed by atoms with E-state index >= 15 is 0 Å². The molecule has 2 heteroatoms. The first-order valence-corrected chi connectivity index (χ1v) is 5.80. The molecule has 0 atom stereocenters. The van der Waals surface area contributed by atoms with Crippen LogP contribution >= 0.6 is 27.3 Å². The lowest BCUT2D eigenvalue weighted by Crippen LogP contribution is -1.83. The van der Waals surface area contributed by atoms with Crippen LogP contribution in [0.2, 0.25) is 0 Å². The largest absolute Gasteiger partial charge is 0.136 e. The summed E-state index contributed by atoms with van der Waals surface area (Å²) in [7, 11) is 0. The van der Waals surface area contributed by atoms with Crippen LogP contribution in [0.25, 0.3) is 0 Å². The van der Waals surface area contributed by atoms with Gasteiger partial charge in [0.15, 0.2) is 0 Å². The number of thiophene rings is 1. The van der Waals surface area contributed by atoms with Crippen molar-refractivity contribution in [3.63, 3.8) is 0 Å². The molecular formula is C9H11BrS. The lowest BCUT2D eigenvalue weighted by Gasteiger charge is -1.96. The maximum atomic E-state index is 3.61. The zero-order valence-electron chi connectivity index (χ0n) is 6.40. The van der Waals surface area contributed by atoms with Crippen molar-refractivity contribution in [3.05, 3.63) is 20.3 Å². The van der Waals surface area contributed by atoms with Crippen molar-refractivity contribution in [1.29, 1.82) is 0 Å². The molecule has 0 radical (unpaired) electrons. The molecule has 0 amide bonds. The SMILES string of the molecule is Brc1scc2c1CCCCC2. The normalized spacial score (nSPS) is 17.5. The molecule has 1 aliphatic carbocycles. The first-order valence-electron chi connectivity index (χ1n) is 4.12. The molecule has 1 aliphatic rings. The van der Waals surface area contributed by atoms with Gasteiger partial charge in [-0.1, -0.05) is 6.42 Å². The zero-order chi connectivity index (χ0) is 7.68. The van der Waals surface area contributed by atoms with Crippen LogP contribution in [-0.4, -0.2) is 0 Å². The molecule has 1 aromatic heterocycles. The van der Waals surface area contributed by atoms with Crippen LogP contribution < -0.4 is 0 Å². The molecule has 11 heavy (non-hydrogen) atoms.